The van der Waals surface area contributed by atoms with Crippen molar-refractivity contribution in [2.75, 3.05) is 19.7 Å². The molecule has 4 heteroatoms. The lowest BCUT2D eigenvalue weighted by Crippen LogP contribution is -2.29. The average Bonchev–Trinajstić information content (AvgIpc) is 2.44. The second-order valence-electron chi connectivity index (χ2n) is 6.72. The van der Waals surface area contributed by atoms with Gasteiger partial charge in [-0.05, 0) is 48.9 Å². The van der Waals surface area contributed by atoms with Gasteiger partial charge in [-0.25, -0.2) is 0 Å². The molecule has 124 valence electrons. The highest BCUT2D eigenvalue weighted by atomic mass is 16.5. The zero-order valence-electron chi connectivity index (χ0n) is 14.4. The Morgan fingerprint density at radius 2 is 1.95 bits per heavy atom. The van der Waals surface area contributed by atoms with E-state index in [1.807, 2.05) is 13.0 Å². The summed E-state index contributed by atoms with van der Waals surface area (Å²) in [5.74, 6) is 0.693. The van der Waals surface area contributed by atoms with Crippen LogP contribution in [0.15, 0.2) is 18.2 Å². The minimum absolute atomic E-state index is 0.0621. The summed E-state index contributed by atoms with van der Waals surface area (Å²) < 4.78 is 5.61. The van der Waals surface area contributed by atoms with Crippen LogP contribution in [0.2, 0.25) is 0 Å². The molecule has 1 rings (SSSR count). The summed E-state index contributed by atoms with van der Waals surface area (Å²) in [6.45, 7) is 10.0. The molecule has 0 saturated carbocycles. The van der Waals surface area contributed by atoms with Crippen molar-refractivity contribution < 1.29 is 9.53 Å². The van der Waals surface area contributed by atoms with Crippen LogP contribution < -0.4 is 15.8 Å². The van der Waals surface area contributed by atoms with E-state index in [4.69, 9.17) is 10.5 Å². The van der Waals surface area contributed by atoms with Gasteiger partial charge in [0.2, 0.25) is 0 Å². The monoisotopic (exact) mass is 306 g/mol. The van der Waals surface area contributed by atoms with Crippen molar-refractivity contribution in [2.24, 2.45) is 5.73 Å². The number of nitrogens with two attached hydrogens (primary N) is 1. The van der Waals surface area contributed by atoms with Gasteiger partial charge in [0.25, 0.3) is 5.91 Å². The third-order valence-corrected chi connectivity index (χ3v) is 3.60. The fourth-order valence-electron chi connectivity index (χ4n) is 2.15. The quantitative estimate of drug-likeness (QED) is 0.726. The lowest BCUT2D eigenvalue weighted by atomic mass is 9.86. The van der Waals surface area contributed by atoms with E-state index in [9.17, 15) is 4.79 Å². The molecule has 0 aliphatic heterocycles. The molecule has 0 aromatic heterocycles. The highest BCUT2D eigenvalue weighted by Crippen LogP contribution is 2.27. The fourth-order valence-corrected chi connectivity index (χ4v) is 2.15. The topological polar surface area (TPSA) is 64.3 Å². The molecular formula is C18H30N2O2. The number of aryl methyl sites for hydroxylation is 1. The molecule has 22 heavy (non-hydrogen) atoms. The Balaban J connectivity index is 2.40. The Labute approximate surface area is 134 Å². The highest BCUT2D eigenvalue weighted by Gasteiger charge is 2.15. The van der Waals surface area contributed by atoms with E-state index in [1.54, 1.807) is 0 Å². The van der Waals surface area contributed by atoms with Gasteiger partial charge in [0.05, 0.1) is 0 Å². The number of hydrogen-bond acceptors (Lipinski definition) is 3. The fraction of sp³-hybridized carbons (Fsp3) is 0.611. The molecule has 0 atom stereocenters. The van der Waals surface area contributed by atoms with E-state index in [0.717, 1.165) is 30.6 Å². The summed E-state index contributed by atoms with van der Waals surface area (Å²) in [6.07, 6.45) is 3.01. The van der Waals surface area contributed by atoms with Crippen molar-refractivity contribution in [2.45, 2.75) is 52.4 Å². The predicted molar refractivity (Wildman–Crippen MR) is 91.3 cm³/mol. The zero-order chi connectivity index (χ0) is 16.6. The number of unbranched alkanes of at least 4 members (excludes halogenated alkanes) is 2. The summed E-state index contributed by atoms with van der Waals surface area (Å²) in [4.78, 5) is 11.7. The van der Waals surface area contributed by atoms with E-state index >= 15 is 0 Å². The number of benzene rings is 1. The number of rotatable bonds is 8. The molecule has 4 nitrogen and oxygen atoms in total. The van der Waals surface area contributed by atoms with Crippen molar-refractivity contribution >= 4 is 5.91 Å². The number of carbonyl (C=O) groups is 1. The molecule has 0 bridgehead atoms. The van der Waals surface area contributed by atoms with Gasteiger partial charge in [-0.2, -0.15) is 0 Å². The van der Waals surface area contributed by atoms with E-state index < -0.39 is 0 Å². The molecule has 0 radical (unpaired) electrons. The zero-order valence-corrected chi connectivity index (χ0v) is 14.4. The molecule has 0 saturated heterocycles. The summed E-state index contributed by atoms with van der Waals surface area (Å²) >= 11 is 0. The maximum Gasteiger partial charge on any atom is 0.257 e. The van der Waals surface area contributed by atoms with Gasteiger partial charge in [-0.15, -0.1) is 0 Å². The largest absolute Gasteiger partial charge is 0.484 e. The number of amides is 1. The summed E-state index contributed by atoms with van der Waals surface area (Å²) in [7, 11) is 0. The Hall–Kier alpha value is -1.55. The second kappa shape index (κ2) is 8.79. The number of ether oxygens (including phenoxy) is 1. The van der Waals surface area contributed by atoms with Crippen molar-refractivity contribution in [3.63, 3.8) is 0 Å². The van der Waals surface area contributed by atoms with Gasteiger partial charge in [0.15, 0.2) is 6.61 Å². The first-order chi connectivity index (χ1) is 10.3. The smallest absolute Gasteiger partial charge is 0.257 e. The first-order valence-electron chi connectivity index (χ1n) is 8.05. The standard InChI is InChI=1S/C18H30N2O2/c1-14-12-15(18(2,3)4)8-9-16(14)22-13-17(21)20-11-7-5-6-10-19/h8-9,12H,5-7,10-11,13,19H2,1-4H3,(H,20,21). The summed E-state index contributed by atoms with van der Waals surface area (Å²) in [5.41, 5.74) is 7.87. The Bertz CT molecular complexity index is 478. The van der Waals surface area contributed by atoms with Crippen LogP contribution in [0.5, 0.6) is 5.75 Å². The Morgan fingerprint density at radius 1 is 1.23 bits per heavy atom. The van der Waals surface area contributed by atoms with Gasteiger partial charge in [0, 0.05) is 6.54 Å². The first kappa shape index (κ1) is 18.5. The maximum absolute atomic E-state index is 11.7. The maximum atomic E-state index is 11.7. The van der Waals surface area contributed by atoms with Crippen LogP contribution >= 0.6 is 0 Å². The van der Waals surface area contributed by atoms with Crippen LogP contribution in [0.3, 0.4) is 0 Å². The van der Waals surface area contributed by atoms with E-state index in [1.165, 1.54) is 5.56 Å². The molecule has 0 unspecified atom stereocenters. The first-order valence-corrected chi connectivity index (χ1v) is 8.05. The van der Waals surface area contributed by atoms with E-state index in [-0.39, 0.29) is 17.9 Å². The second-order valence-corrected chi connectivity index (χ2v) is 6.72. The molecule has 0 aliphatic rings. The van der Waals surface area contributed by atoms with Gasteiger partial charge in [-0.3, -0.25) is 4.79 Å². The van der Waals surface area contributed by atoms with E-state index in [2.05, 4.69) is 38.2 Å². The molecule has 0 fully saturated rings. The summed E-state index contributed by atoms with van der Waals surface area (Å²) in [6, 6.07) is 6.14. The van der Waals surface area contributed by atoms with E-state index in [0.29, 0.717) is 13.1 Å². The average molecular weight is 306 g/mol. The van der Waals surface area contributed by atoms with Crippen molar-refractivity contribution in [1.82, 2.24) is 5.32 Å². The number of nitrogens with one attached hydrogen (secondary N) is 1. The lowest BCUT2D eigenvalue weighted by Gasteiger charge is -2.20. The van der Waals surface area contributed by atoms with Gasteiger partial charge < -0.3 is 15.8 Å². The van der Waals surface area contributed by atoms with Gasteiger partial charge in [0.1, 0.15) is 5.75 Å². The van der Waals surface area contributed by atoms with Crippen molar-refractivity contribution in [3.05, 3.63) is 29.3 Å². The molecular weight excluding hydrogens is 276 g/mol. The normalized spacial score (nSPS) is 11.3. The molecule has 0 spiro atoms. The third kappa shape index (κ3) is 6.48. The van der Waals surface area contributed by atoms with Crippen LogP contribution in [-0.4, -0.2) is 25.6 Å². The molecule has 1 aromatic carbocycles. The SMILES string of the molecule is Cc1cc(C(C)(C)C)ccc1OCC(=O)NCCCCCN. The highest BCUT2D eigenvalue weighted by molar-refractivity contribution is 5.77. The molecule has 1 aromatic rings. The van der Waals surface area contributed by atoms with Gasteiger partial charge in [-0.1, -0.05) is 39.3 Å². The van der Waals surface area contributed by atoms with Crippen LogP contribution in [0, 0.1) is 6.92 Å². The molecule has 1 amide bonds. The number of hydrogen-bond donors (Lipinski definition) is 2. The lowest BCUT2D eigenvalue weighted by molar-refractivity contribution is -0.123. The molecule has 0 heterocycles. The van der Waals surface area contributed by atoms with Crippen LogP contribution in [0.4, 0.5) is 0 Å². The minimum atomic E-state index is -0.0768. The number of carbonyl (C=O) groups excluding carboxylic acids is 1. The van der Waals surface area contributed by atoms with Crippen LogP contribution in [-0.2, 0) is 10.2 Å². The third-order valence-electron chi connectivity index (χ3n) is 3.60. The molecule has 3 N–H and O–H groups in total. The Morgan fingerprint density at radius 3 is 2.55 bits per heavy atom. The minimum Gasteiger partial charge on any atom is -0.484 e. The van der Waals surface area contributed by atoms with Crippen LogP contribution in [0.25, 0.3) is 0 Å². The van der Waals surface area contributed by atoms with Gasteiger partial charge >= 0.3 is 0 Å². The van der Waals surface area contributed by atoms with Crippen LogP contribution in [0.1, 0.15) is 51.2 Å². The Kier molecular flexibility index (Phi) is 7.39. The van der Waals surface area contributed by atoms with Crippen molar-refractivity contribution in [1.29, 1.82) is 0 Å². The molecule has 0 aliphatic carbocycles. The predicted octanol–water partition coefficient (Wildman–Crippen LogP) is 2.92. The summed E-state index contributed by atoms with van der Waals surface area (Å²) in [5, 5.41) is 2.86. The van der Waals surface area contributed by atoms with Crippen molar-refractivity contribution in [3.8, 4) is 5.75 Å².